The summed E-state index contributed by atoms with van der Waals surface area (Å²) in [5, 5.41) is 2.55. The summed E-state index contributed by atoms with van der Waals surface area (Å²) < 4.78 is 0. The highest BCUT2D eigenvalue weighted by molar-refractivity contribution is 6.43. The van der Waals surface area contributed by atoms with E-state index in [0.717, 1.165) is 4.90 Å². The van der Waals surface area contributed by atoms with E-state index in [2.05, 4.69) is 5.32 Å². The van der Waals surface area contributed by atoms with Gasteiger partial charge >= 0.3 is 6.03 Å². The Hall–Kier alpha value is -1.59. The number of rotatable bonds is 3. The van der Waals surface area contributed by atoms with Crippen LogP contribution in [0.1, 0.15) is 26.7 Å². The van der Waals surface area contributed by atoms with Gasteiger partial charge < -0.3 is 0 Å². The van der Waals surface area contributed by atoms with E-state index in [0.29, 0.717) is 0 Å². The largest absolute Gasteiger partial charge is 0.335 e. The van der Waals surface area contributed by atoms with Crippen LogP contribution in [0, 0.1) is 5.41 Å². The average Bonchev–Trinajstić information content (AvgIpc) is 2.43. The van der Waals surface area contributed by atoms with Crippen molar-refractivity contribution >= 4 is 46.7 Å². The second-order valence-electron chi connectivity index (χ2n) is 4.76. The minimum Gasteiger partial charge on any atom is -0.276 e. The average molecular weight is 329 g/mol. The number of imide groups is 2. The number of nitrogens with zero attached hydrogens (tertiary/aromatic N) is 1. The second-order valence-corrected chi connectivity index (χ2v) is 5.57. The van der Waals surface area contributed by atoms with Crippen LogP contribution in [0.4, 0.5) is 10.5 Å². The maximum absolute atomic E-state index is 12.8. The van der Waals surface area contributed by atoms with Crippen LogP contribution in [-0.4, -0.2) is 17.8 Å². The molecular formula is C14H14Cl2N2O3. The maximum atomic E-state index is 12.8. The van der Waals surface area contributed by atoms with Crippen LogP contribution in [0.15, 0.2) is 18.2 Å². The molecule has 1 fully saturated rings. The summed E-state index contributed by atoms with van der Waals surface area (Å²) in [7, 11) is 0. The quantitative estimate of drug-likeness (QED) is 0.865. The van der Waals surface area contributed by atoms with E-state index < -0.39 is 23.3 Å². The normalized spacial score (nSPS) is 17.9. The molecule has 1 N–H and O–H groups in total. The Kier molecular flexibility index (Phi) is 4.25. The molecule has 1 heterocycles. The number of hydrogen-bond acceptors (Lipinski definition) is 3. The van der Waals surface area contributed by atoms with Gasteiger partial charge in [-0.15, -0.1) is 0 Å². The lowest BCUT2D eigenvalue weighted by molar-refractivity contribution is -0.143. The standard InChI is InChI=1S/C14H14Cl2N2O3/c1-3-14(4-2)11(19)17-13(21)18(12(14)20)10-8(15)6-5-7-9(10)16/h5-7H,3-4H2,1-2H3,(H,17,19,21). The molecular weight excluding hydrogens is 315 g/mol. The number of barbiturate groups is 1. The summed E-state index contributed by atoms with van der Waals surface area (Å²) in [4.78, 5) is 37.8. The maximum Gasteiger partial charge on any atom is 0.335 e. The molecule has 0 radical (unpaired) electrons. The molecule has 0 atom stereocenters. The molecule has 4 amide bonds. The Morgan fingerprint density at radius 3 is 2.10 bits per heavy atom. The lowest BCUT2D eigenvalue weighted by Gasteiger charge is -2.38. The van der Waals surface area contributed by atoms with Crippen molar-refractivity contribution in [2.24, 2.45) is 5.41 Å². The van der Waals surface area contributed by atoms with Crippen molar-refractivity contribution < 1.29 is 14.4 Å². The molecule has 2 rings (SSSR count). The predicted molar refractivity (Wildman–Crippen MR) is 80.5 cm³/mol. The van der Waals surface area contributed by atoms with Gasteiger partial charge in [0.15, 0.2) is 0 Å². The molecule has 1 aliphatic rings. The molecule has 0 unspecified atom stereocenters. The number of hydrogen-bond donors (Lipinski definition) is 1. The number of urea groups is 1. The van der Waals surface area contributed by atoms with Gasteiger partial charge in [0, 0.05) is 0 Å². The van der Waals surface area contributed by atoms with Crippen molar-refractivity contribution in [2.45, 2.75) is 26.7 Å². The number of carbonyl (C=O) groups is 3. The van der Waals surface area contributed by atoms with Crippen LogP contribution in [0.5, 0.6) is 0 Å². The summed E-state index contributed by atoms with van der Waals surface area (Å²) in [6, 6.07) is 3.83. The zero-order chi connectivity index (χ0) is 15.8. The van der Waals surface area contributed by atoms with Gasteiger partial charge in [-0.05, 0) is 25.0 Å². The van der Waals surface area contributed by atoms with Gasteiger partial charge in [0.1, 0.15) is 5.41 Å². The highest BCUT2D eigenvalue weighted by Gasteiger charge is 2.52. The van der Waals surface area contributed by atoms with E-state index in [1.165, 1.54) is 12.1 Å². The SMILES string of the molecule is CCC1(CC)C(=O)NC(=O)N(c2c(Cl)cccc2Cl)C1=O. The molecule has 5 nitrogen and oxygen atoms in total. The summed E-state index contributed by atoms with van der Waals surface area (Å²) in [6.45, 7) is 3.45. The van der Waals surface area contributed by atoms with Crippen molar-refractivity contribution in [3.05, 3.63) is 28.2 Å². The van der Waals surface area contributed by atoms with Crippen LogP contribution in [0.3, 0.4) is 0 Å². The van der Waals surface area contributed by atoms with Gasteiger partial charge in [0.05, 0.1) is 15.7 Å². The molecule has 1 aliphatic heterocycles. The minimum atomic E-state index is -1.28. The summed E-state index contributed by atoms with van der Waals surface area (Å²) in [6.07, 6.45) is 0.556. The fourth-order valence-electron chi connectivity index (χ4n) is 2.46. The van der Waals surface area contributed by atoms with Gasteiger partial charge in [-0.1, -0.05) is 43.1 Å². The monoisotopic (exact) mass is 328 g/mol. The number of halogens is 2. The third-order valence-electron chi connectivity index (χ3n) is 3.84. The Bertz CT molecular complexity index is 606. The van der Waals surface area contributed by atoms with Crippen molar-refractivity contribution in [1.82, 2.24) is 5.32 Å². The highest BCUT2D eigenvalue weighted by Crippen LogP contribution is 2.40. The fraction of sp³-hybridized carbons (Fsp3) is 0.357. The Morgan fingerprint density at radius 1 is 1.10 bits per heavy atom. The molecule has 0 saturated carbocycles. The topological polar surface area (TPSA) is 66.5 Å². The van der Waals surface area contributed by atoms with Crippen molar-refractivity contribution in [3.63, 3.8) is 0 Å². The molecule has 0 spiro atoms. The summed E-state index contributed by atoms with van der Waals surface area (Å²) in [5.74, 6) is -1.18. The van der Waals surface area contributed by atoms with Crippen LogP contribution < -0.4 is 10.2 Å². The number of nitrogens with one attached hydrogen (secondary N) is 1. The zero-order valence-electron chi connectivity index (χ0n) is 11.6. The lowest BCUT2D eigenvalue weighted by atomic mass is 9.78. The molecule has 0 aromatic heterocycles. The highest BCUT2D eigenvalue weighted by atomic mass is 35.5. The Balaban J connectivity index is 2.61. The fourth-order valence-corrected chi connectivity index (χ4v) is 3.02. The first kappa shape index (κ1) is 15.8. The van der Waals surface area contributed by atoms with Crippen LogP contribution in [-0.2, 0) is 9.59 Å². The van der Waals surface area contributed by atoms with E-state index in [1.807, 2.05) is 0 Å². The lowest BCUT2D eigenvalue weighted by Crippen LogP contribution is -2.64. The smallest absolute Gasteiger partial charge is 0.276 e. The van der Waals surface area contributed by atoms with E-state index in [-0.39, 0.29) is 28.6 Å². The molecule has 1 aromatic rings. The van der Waals surface area contributed by atoms with Gasteiger partial charge in [-0.25, -0.2) is 9.69 Å². The number of para-hydroxylation sites is 1. The Labute approximate surface area is 132 Å². The van der Waals surface area contributed by atoms with E-state index >= 15 is 0 Å². The molecule has 0 aliphatic carbocycles. The Morgan fingerprint density at radius 2 is 1.62 bits per heavy atom. The summed E-state index contributed by atoms with van der Waals surface area (Å²) in [5.41, 5.74) is -1.18. The third kappa shape index (κ3) is 2.30. The van der Waals surface area contributed by atoms with E-state index in [1.54, 1.807) is 19.9 Å². The number of anilines is 1. The first-order chi connectivity index (χ1) is 9.89. The number of amides is 4. The minimum absolute atomic E-state index is 0.0992. The van der Waals surface area contributed by atoms with Gasteiger partial charge in [0.25, 0.3) is 5.91 Å². The molecule has 7 heteroatoms. The molecule has 112 valence electrons. The molecule has 0 bridgehead atoms. The second kappa shape index (κ2) is 5.66. The van der Waals surface area contributed by atoms with Crippen LogP contribution in [0.2, 0.25) is 10.0 Å². The molecule has 1 saturated heterocycles. The van der Waals surface area contributed by atoms with Crippen molar-refractivity contribution in [2.75, 3.05) is 4.90 Å². The van der Waals surface area contributed by atoms with E-state index in [9.17, 15) is 14.4 Å². The van der Waals surface area contributed by atoms with Crippen molar-refractivity contribution in [3.8, 4) is 0 Å². The van der Waals surface area contributed by atoms with Gasteiger partial charge in [-0.3, -0.25) is 14.9 Å². The number of benzene rings is 1. The van der Waals surface area contributed by atoms with Crippen LogP contribution in [0.25, 0.3) is 0 Å². The first-order valence-electron chi connectivity index (χ1n) is 6.53. The first-order valence-corrected chi connectivity index (χ1v) is 7.28. The summed E-state index contributed by atoms with van der Waals surface area (Å²) >= 11 is 12.1. The van der Waals surface area contributed by atoms with E-state index in [4.69, 9.17) is 23.2 Å². The van der Waals surface area contributed by atoms with Gasteiger partial charge in [-0.2, -0.15) is 0 Å². The zero-order valence-corrected chi connectivity index (χ0v) is 13.1. The molecule has 1 aromatic carbocycles. The number of carbonyl (C=O) groups excluding carboxylic acids is 3. The molecule has 21 heavy (non-hydrogen) atoms. The van der Waals surface area contributed by atoms with Gasteiger partial charge in [0.2, 0.25) is 5.91 Å². The van der Waals surface area contributed by atoms with Crippen LogP contribution >= 0.6 is 23.2 Å². The van der Waals surface area contributed by atoms with Crippen molar-refractivity contribution in [1.29, 1.82) is 0 Å². The third-order valence-corrected chi connectivity index (χ3v) is 4.45. The predicted octanol–water partition coefficient (Wildman–Crippen LogP) is 3.38.